The molecule has 1 aliphatic rings. The van der Waals surface area contributed by atoms with Crippen molar-refractivity contribution in [3.05, 3.63) is 76.2 Å². The van der Waals surface area contributed by atoms with E-state index in [0.29, 0.717) is 43.0 Å². The van der Waals surface area contributed by atoms with E-state index in [0.717, 1.165) is 5.56 Å². The minimum absolute atomic E-state index is 0.150. The molecule has 1 N–H and O–H groups in total. The number of carbonyl (C=O) groups is 1. The van der Waals surface area contributed by atoms with E-state index < -0.39 is 15.9 Å². The number of rotatable bonds is 5. The first-order chi connectivity index (χ1) is 15.3. The standard InChI is InChI=1S/C23H22N2O6S/c1-16-2-8-21-20(14-16)23(27)17(15-31-21)3-9-22(26)24-18-4-6-19(7-5-18)32(28,29)25-10-12-30-13-11-25/h2-9,14-15H,10-13H2,1H3,(H,24,26)/b9-3+. The third kappa shape index (κ3) is 4.64. The smallest absolute Gasteiger partial charge is 0.248 e. The number of benzene rings is 2. The first kappa shape index (κ1) is 21.9. The molecule has 9 heteroatoms. The third-order valence-electron chi connectivity index (χ3n) is 5.10. The SMILES string of the molecule is Cc1ccc2occ(/C=C/C(=O)Nc3ccc(S(=O)(=O)N4CCOCC4)cc3)c(=O)c2c1. The first-order valence-corrected chi connectivity index (χ1v) is 11.5. The van der Waals surface area contributed by atoms with E-state index in [1.165, 1.54) is 47.0 Å². The van der Waals surface area contributed by atoms with Gasteiger partial charge in [-0.25, -0.2) is 8.42 Å². The molecule has 1 saturated heterocycles. The maximum absolute atomic E-state index is 12.7. The molecule has 32 heavy (non-hydrogen) atoms. The molecular formula is C23H22N2O6S. The number of aryl methyl sites for hydroxylation is 1. The van der Waals surface area contributed by atoms with Crippen LogP contribution in [0.15, 0.2) is 68.9 Å². The Hall–Kier alpha value is -3.27. The summed E-state index contributed by atoms with van der Waals surface area (Å²) in [5.74, 6) is -0.461. The van der Waals surface area contributed by atoms with E-state index in [1.807, 2.05) is 13.0 Å². The summed E-state index contributed by atoms with van der Waals surface area (Å²) in [5.41, 5.74) is 1.88. The van der Waals surface area contributed by atoms with E-state index in [2.05, 4.69) is 5.32 Å². The van der Waals surface area contributed by atoms with Crippen molar-refractivity contribution in [1.29, 1.82) is 0 Å². The normalized spacial score (nSPS) is 15.3. The van der Waals surface area contributed by atoms with Crippen LogP contribution >= 0.6 is 0 Å². The Morgan fingerprint density at radius 3 is 2.53 bits per heavy atom. The number of amides is 1. The van der Waals surface area contributed by atoms with Crippen LogP contribution in [0.3, 0.4) is 0 Å². The highest BCUT2D eigenvalue weighted by atomic mass is 32.2. The molecule has 0 bridgehead atoms. The average Bonchev–Trinajstić information content (AvgIpc) is 2.80. The summed E-state index contributed by atoms with van der Waals surface area (Å²) in [6.45, 7) is 3.25. The van der Waals surface area contributed by atoms with Gasteiger partial charge in [0.15, 0.2) is 5.43 Å². The molecule has 2 aromatic carbocycles. The third-order valence-corrected chi connectivity index (χ3v) is 7.01. The molecule has 1 aromatic heterocycles. The van der Waals surface area contributed by atoms with Gasteiger partial charge >= 0.3 is 0 Å². The Labute approximate surface area is 185 Å². The van der Waals surface area contributed by atoms with Crippen molar-refractivity contribution in [1.82, 2.24) is 4.31 Å². The van der Waals surface area contributed by atoms with E-state index in [-0.39, 0.29) is 15.9 Å². The van der Waals surface area contributed by atoms with Crippen LogP contribution in [-0.2, 0) is 19.6 Å². The van der Waals surface area contributed by atoms with Crippen LogP contribution < -0.4 is 10.7 Å². The fourth-order valence-corrected chi connectivity index (χ4v) is 4.78. The minimum atomic E-state index is -3.60. The number of ether oxygens (including phenoxy) is 1. The number of hydrogen-bond donors (Lipinski definition) is 1. The molecule has 2 heterocycles. The zero-order valence-electron chi connectivity index (χ0n) is 17.4. The topological polar surface area (TPSA) is 106 Å². The summed E-state index contributed by atoms with van der Waals surface area (Å²) in [6, 6.07) is 11.3. The highest BCUT2D eigenvalue weighted by molar-refractivity contribution is 7.89. The van der Waals surface area contributed by atoms with E-state index in [9.17, 15) is 18.0 Å². The predicted octanol–water partition coefficient (Wildman–Crippen LogP) is 2.77. The molecule has 0 aliphatic carbocycles. The molecule has 1 fully saturated rings. The zero-order valence-corrected chi connectivity index (χ0v) is 18.2. The maximum atomic E-state index is 12.7. The number of nitrogens with zero attached hydrogens (tertiary/aromatic N) is 1. The molecule has 8 nitrogen and oxygen atoms in total. The van der Waals surface area contributed by atoms with Crippen LogP contribution in [0.25, 0.3) is 17.0 Å². The molecule has 0 radical (unpaired) electrons. The lowest BCUT2D eigenvalue weighted by atomic mass is 10.1. The number of fused-ring (bicyclic) bond motifs is 1. The second kappa shape index (κ2) is 9.07. The summed E-state index contributed by atoms with van der Waals surface area (Å²) < 4.78 is 37.4. The van der Waals surface area contributed by atoms with Crippen molar-refractivity contribution in [2.45, 2.75) is 11.8 Å². The van der Waals surface area contributed by atoms with Crippen LogP contribution in [0.4, 0.5) is 5.69 Å². The lowest BCUT2D eigenvalue weighted by molar-refractivity contribution is -0.111. The zero-order chi connectivity index (χ0) is 22.7. The summed E-state index contributed by atoms with van der Waals surface area (Å²) in [5, 5.41) is 3.10. The number of carbonyl (C=O) groups excluding carboxylic acids is 1. The largest absolute Gasteiger partial charge is 0.463 e. The van der Waals surface area contributed by atoms with Crippen molar-refractivity contribution in [2.24, 2.45) is 0 Å². The number of sulfonamides is 1. The number of morpholine rings is 1. The van der Waals surface area contributed by atoms with Gasteiger partial charge in [0.25, 0.3) is 0 Å². The van der Waals surface area contributed by atoms with Crippen molar-refractivity contribution in [3.63, 3.8) is 0 Å². The number of hydrogen-bond acceptors (Lipinski definition) is 6. The van der Waals surface area contributed by atoms with Gasteiger partial charge in [0.05, 0.1) is 29.1 Å². The second-order valence-electron chi connectivity index (χ2n) is 7.38. The number of nitrogens with one attached hydrogen (secondary N) is 1. The van der Waals surface area contributed by atoms with Gasteiger partial charge in [-0.3, -0.25) is 9.59 Å². The van der Waals surface area contributed by atoms with Gasteiger partial charge in [0.2, 0.25) is 15.9 Å². The highest BCUT2D eigenvalue weighted by Crippen LogP contribution is 2.19. The Bertz CT molecular complexity index is 1340. The van der Waals surface area contributed by atoms with Gasteiger partial charge in [-0.15, -0.1) is 0 Å². The van der Waals surface area contributed by atoms with Crippen molar-refractivity contribution in [2.75, 3.05) is 31.6 Å². The summed E-state index contributed by atoms with van der Waals surface area (Å²) in [7, 11) is -3.60. The van der Waals surface area contributed by atoms with Gasteiger partial charge in [0.1, 0.15) is 11.8 Å². The summed E-state index contributed by atoms with van der Waals surface area (Å²) in [6.07, 6.45) is 3.93. The average molecular weight is 455 g/mol. The molecule has 0 saturated carbocycles. The van der Waals surface area contributed by atoms with Crippen LogP contribution in [0.5, 0.6) is 0 Å². The Balaban J connectivity index is 1.45. The lowest BCUT2D eigenvalue weighted by Gasteiger charge is -2.26. The lowest BCUT2D eigenvalue weighted by Crippen LogP contribution is -2.40. The molecule has 0 atom stereocenters. The van der Waals surface area contributed by atoms with Crippen LogP contribution in [-0.4, -0.2) is 44.9 Å². The molecule has 4 rings (SSSR count). The molecule has 0 spiro atoms. The first-order valence-electron chi connectivity index (χ1n) is 10.0. The molecule has 166 valence electrons. The molecule has 3 aromatic rings. The summed E-state index contributed by atoms with van der Waals surface area (Å²) >= 11 is 0. The number of anilines is 1. The highest BCUT2D eigenvalue weighted by Gasteiger charge is 2.26. The monoisotopic (exact) mass is 454 g/mol. The summed E-state index contributed by atoms with van der Waals surface area (Å²) in [4.78, 5) is 25.0. The Morgan fingerprint density at radius 1 is 1.09 bits per heavy atom. The fraction of sp³-hybridized carbons (Fsp3) is 0.217. The van der Waals surface area contributed by atoms with Crippen LogP contribution in [0.1, 0.15) is 11.1 Å². The van der Waals surface area contributed by atoms with Gasteiger partial charge in [0, 0.05) is 24.9 Å². The van der Waals surface area contributed by atoms with Gasteiger partial charge < -0.3 is 14.5 Å². The second-order valence-corrected chi connectivity index (χ2v) is 9.32. The van der Waals surface area contributed by atoms with E-state index >= 15 is 0 Å². The van der Waals surface area contributed by atoms with Crippen molar-refractivity contribution >= 4 is 38.7 Å². The van der Waals surface area contributed by atoms with Crippen molar-refractivity contribution in [3.8, 4) is 0 Å². The van der Waals surface area contributed by atoms with E-state index in [1.54, 1.807) is 12.1 Å². The van der Waals surface area contributed by atoms with Crippen LogP contribution in [0, 0.1) is 6.92 Å². The predicted molar refractivity (Wildman–Crippen MR) is 121 cm³/mol. The fourth-order valence-electron chi connectivity index (χ4n) is 3.37. The molecule has 0 unspecified atom stereocenters. The molecule has 1 aliphatic heterocycles. The molecule has 1 amide bonds. The van der Waals surface area contributed by atoms with Crippen molar-refractivity contribution < 1.29 is 22.4 Å². The molecular weight excluding hydrogens is 432 g/mol. The van der Waals surface area contributed by atoms with E-state index in [4.69, 9.17) is 9.15 Å². The quantitative estimate of drug-likeness (QED) is 0.595. The Kier molecular flexibility index (Phi) is 6.22. The van der Waals surface area contributed by atoms with Crippen LogP contribution in [0.2, 0.25) is 0 Å². The van der Waals surface area contributed by atoms with Gasteiger partial charge in [-0.1, -0.05) is 11.6 Å². The van der Waals surface area contributed by atoms with Gasteiger partial charge in [-0.05, 0) is 49.4 Å². The maximum Gasteiger partial charge on any atom is 0.248 e. The minimum Gasteiger partial charge on any atom is -0.463 e. The Morgan fingerprint density at radius 2 is 1.81 bits per heavy atom. The van der Waals surface area contributed by atoms with Gasteiger partial charge in [-0.2, -0.15) is 4.31 Å².